The minimum Gasteiger partial charge on any atom is -0.506 e. The van der Waals surface area contributed by atoms with Crippen LogP contribution in [0.25, 0.3) is 0 Å². The van der Waals surface area contributed by atoms with Gasteiger partial charge in [0.15, 0.2) is 5.71 Å². The van der Waals surface area contributed by atoms with Crippen molar-refractivity contribution in [3.63, 3.8) is 0 Å². The van der Waals surface area contributed by atoms with Crippen LogP contribution in [0.4, 0.5) is 0 Å². The first-order valence-electron chi connectivity index (χ1n) is 4.62. The zero-order chi connectivity index (χ0) is 14.6. The highest BCUT2D eigenvalue weighted by Crippen LogP contribution is 2.24. The number of nitrogens with zero attached hydrogens (tertiary/aromatic N) is 1. The molecular formula is C10H6Cl3NO5. The summed E-state index contributed by atoms with van der Waals surface area (Å²) in [6.07, 6.45) is 0. The smallest absolute Gasteiger partial charge is 0.367 e. The topological polar surface area (TPSA) is 96.2 Å². The average Bonchev–Trinajstić information content (AvgIpc) is 2.32. The number of hydrogen-bond donors (Lipinski definition) is 2. The maximum atomic E-state index is 11.0. The SMILES string of the molecule is O=C(O)C(=NOC(=O)C(Cl)Cl)c1ccc(O)c(Cl)c1. The van der Waals surface area contributed by atoms with Gasteiger partial charge in [-0.2, -0.15) is 0 Å². The van der Waals surface area contributed by atoms with E-state index in [9.17, 15) is 14.7 Å². The van der Waals surface area contributed by atoms with E-state index >= 15 is 0 Å². The molecule has 0 heterocycles. The van der Waals surface area contributed by atoms with Gasteiger partial charge in [-0.25, -0.2) is 9.59 Å². The molecule has 0 aromatic heterocycles. The van der Waals surface area contributed by atoms with Crippen LogP contribution in [0.1, 0.15) is 5.56 Å². The molecular weight excluding hydrogens is 320 g/mol. The van der Waals surface area contributed by atoms with Gasteiger partial charge in [0.2, 0.25) is 4.84 Å². The van der Waals surface area contributed by atoms with Crippen LogP contribution in [-0.4, -0.2) is 32.7 Å². The largest absolute Gasteiger partial charge is 0.506 e. The first-order chi connectivity index (χ1) is 8.82. The molecule has 6 nitrogen and oxygen atoms in total. The van der Waals surface area contributed by atoms with E-state index in [1.54, 1.807) is 0 Å². The predicted molar refractivity (Wildman–Crippen MR) is 68.9 cm³/mol. The number of oxime groups is 1. The van der Waals surface area contributed by atoms with Gasteiger partial charge < -0.3 is 15.1 Å². The number of phenolic OH excluding ortho intramolecular Hbond substituents is 1. The van der Waals surface area contributed by atoms with E-state index in [2.05, 4.69) is 9.99 Å². The molecule has 0 atom stereocenters. The average molecular weight is 327 g/mol. The second-order valence-corrected chi connectivity index (χ2v) is 4.63. The third-order valence-corrected chi connectivity index (χ3v) is 2.49. The van der Waals surface area contributed by atoms with Gasteiger partial charge >= 0.3 is 11.9 Å². The lowest BCUT2D eigenvalue weighted by atomic mass is 10.1. The van der Waals surface area contributed by atoms with Crippen molar-refractivity contribution < 1.29 is 24.6 Å². The zero-order valence-corrected chi connectivity index (χ0v) is 11.3. The quantitative estimate of drug-likeness (QED) is 0.382. The van der Waals surface area contributed by atoms with Gasteiger partial charge in [-0.05, 0) is 18.2 Å². The number of carboxylic acid groups (broad SMARTS) is 1. The molecule has 0 unspecified atom stereocenters. The lowest BCUT2D eigenvalue weighted by Gasteiger charge is -2.03. The molecule has 0 saturated carbocycles. The van der Waals surface area contributed by atoms with E-state index in [1.165, 1.54) is 12.1 Å². The Morgan fingerprint density at radius 3 is 2.42 bits per heavy atom. The summed E-state index contributed by atoms with van der Waals surface area (Å²) in [5.74, 6) is -2.81. The summed E-state index contributed by atoms with van der Waals surface area (Å²) >= 11 is 16.0. The molecule has 19 heavy (non-hydrogen) atoms. The first kappa shape index (κ1) is 15.6. The van der Waals surface area contributed by atoms with Crippen LogP contribution in [0.2, 0.25) is 5.02 Å². The van der Waals surface area contributed by atoms with Crippen molar-refractivity contribution in [1.82, 2.24) is 0 Å². The van der Waals surface area contributed by atoms with E-state index in [0.717, 1.165) is 6.07 Å². The third kappa shape index (κ3) is 4.27. The molecule has 0 aliphatic carbocycles. The van der Waals surface area contributed by atoms with Crippen LogP contribution in [-0.2, 0) is 14.4 Å². The summed E-state index contributed by atoms with van der Waals surface area (Å²) in [5, 5.41) is 21.2. The zero-order valence-electron chi connectivity index (χ0n) is 9.01. The molecule has 102 valence electrons. The number of halogens is 3. The van der Waals surface area contributed by atoms with Gasteiger partial charge in [0, 0.05) is 5.56 Å². The molecule has 0 aliphatic rings. The van der Waals surface area contributed by atoms with Gasteiger partial charge in [-0.1, -0.05) is 40.0 Å². The fraction of sp³-hybridized carbons (Fsp3) is 0.100. The molecule has 0 aliphatic heterocycles. The number of aliphatic carboxylic acids is 1. The minimum atomic E-state index is -1.48. The summed E-state index contributed by atoms with van der Waals surface area (Å²) in [6.45, 7) is 0. The van der Waals surface area contributed by atoms with Crippen molar-refractivity contribution in [1.29, 1.82) is 0 Å². The molecule has 1 rings (SSSR count). The molecule has 2 N–H and O–H groups in total. The van der Waals surface area contributed by atoms with Crippen molar-refractivity contribution in [2.45, 2.75) is 4.84 Å². The molecule has 0 saturated heterocycles. The van der Waals surface area contributed by atoms with E-state index < -0.39 is 22.5 Å². The van der Waals surface area contributed by atoms with Gasteiger partial charge in [-0.15, -0.1) is 0 Å². The second-order valence-electron chi connectivity index (χ2n) is 3.12. The Labute approximate surface area is 122 Å². The van der Waals surface area contributed by atoms with Gasteiger partial charge in [0.05, 0.1) is 5.02 Å². The fourth-order valence-corrected chi connectivity index (χ4v) is 1.26. The molecule has 9 heteroatoms. The van der Waals surface area contributed by atoms with Crippen LogP contribution < -0.4 is 0 Å². The normalized spacial score (nSPS) is 11.5. The number of phenols is 1. The maximum absolute atomic E-state index is 11.0. The molecule has 0 radical (unpaired) electrons. The van der Waals surface area contributed by atoms with Crippen molar-refractivity contribution in [2.24, 2.45) is 5.16 Å². The summed E-state index contributed by atoms with van der Waals surface area (Å²) in [5.41, 5.74) is -0.562. The van der Waals surface area contributed by atoms with Crippen molar-refractivity contribution in [2.75, 3.05) is 0 Å². The van der Waals surface area contributed by atoms with Crippen LogP contribution in [0.3, 0.4) is 0 Å². The molecule has 0 bridgehead atoms. The second kappa shape index (κ2) is 6.60. The number of carbonyl (C=O) groups excluding carboxylic acids is 1. The Kier molecular flexibility index (Phi) is 5.41. The summed E-state index contributed by atoms with van der Waals surface area (Å²) < 4.78 is 0. The number of aromatic hydroxyl groups is 1. The molecule has 1 aromatic rings. The van der Waals surface area contributed by atoms with Crippen LogP contribution in [0.15, 0.2) is 23.4 Å². The number of carbonyl (C=O) groups is 2. The summed E-state index contributed by atoms with van der Waals surface area (Å²) in [4.78, 5) is 24.7. The van der Waals surface area contributed by atoms with E-state index in [0.29, 0.717) is 0 Å². The number of alkyl halides is 2. The van der Waals surface area contributed by atoms with Gasteiger partial charge in [-0.3, -0.25) is 0 Å². The summed E-state index contributed by atoms with van der Waals surface area (Å²) in [7, 11) is 0. The lowest BCUT2D eigenvalue weighted by molar-refractivity contribution is -0.141. The first-order valence-corrected chi connectivity index (χ1v) is 5.87. The van der Waals surface area contributed by atoms with E-state index in [-0.39, 0.29) is 16.3 Å². The molecule has 0 spiro atoms. The van der Waals surface area contributed by atoms with Crippen LogP contribution in [0.5, 0.6) is 5.75 Å². The minimum absolute atomic E-state index is 0.0313. The van der Waals surface area contributed by atoms with Crippen LogP contribution >= 0.6 is 34.8 Å². The number of rotatable bonds is 4. The Bertz CT molecular complexity index is 544. The lowest BCUT2D eigenvalue weighted by Crippen LogP contribution is -2.17. The van der Waals surface area contributed by atoms with Gasteiger partial charge in [0.1, 0.15) is 5.75 Å². The maximum Gasteiger partial charge on any atom is 0.367 e. The molecule has 1 aromatic carbocycles. The number of carboxylic acids is 1. The Morgan fingerprint density at radius 1 is 1.32 bits per heavy atom. The van der Waals surface area contributed by atoms with E-state index in [4.69, 9.17) is 39.9 Å². The van der Waals surface area contributed by atoms with Crippen molar-refractivity contribution in [3.05, 3.63) is 28.8 Å². The van der Waals surface area contributed by atoms with Crippen LogP contribution in [0, 0.1) is 0 Å². The highest BCUT2D eigenvalue weighted by molar-refractivity contribution is 6.53. The molecule has 0 fully saturated rings. The van der Waals surface area contributed by atoms with Gasteiger partial charge in [0.25, 0.3) is 0 Å². The Balaban J connectivity index is 3.07. The predicted octanol–water partition coefficient (Wildman–Crippen LogP) is 2.18. The van der Waals surface area contributed by atoms with Crippen molar-refractivity contribution in [3.8, 4) is 5.75 Å². The molecule has 0 amide bonds. The number of hydrogen-bond acceptors (Lipinski definition) is 5. The monoisotopic (exact) mass is 325 g/mol. The Morgan fingerprint density at radius 2 is 1.95 bits per heavy atom. The third-order valence-electron chi connectivity index (χ3n) is 1.83. The number of benzene rings is 1. The fourth-order valence-electron chi connectivity index (χ4n) is 1.000. The van der Waals surface area contributed by atoms with E-state index in [1.807, 2.05) is 0 Å². The standard InChI is InChI=1S/C10H6Cl3NO5/c11-5-3-4(1-2-6(5)15)7(9(16)17)14-19-10(18)8(12)13/h1-3,8,15H,(H,16,17). The highest BCUT2D eigenvalue weighted by atomic mass is 35.5. The van der Waals surface area contributed by atoms with Crippen molar-refractivity contribution >= 4 is 52.5 Å². The Hall–Kier alpha value is -1.50. The summed E-state index contributed by atoms with van der Waals surface area (Å²) in [6, 6.07) is 3.56. The highest BCUT2D eigenvalue weighted by Gasteiger charge is 2.18.